The van der Waals surface area contributed by atoms with Crippen LogP contribution in [0, 0.1) is 0 Å². The molecule has 2 amide bonds. The topological polar surface area (TPSA) is 70.7 Å². The number of carbonyl (C=O) groups excluding carboxylic acids is 2. The van der Waals surface area contributed by atoms with E-state index in [1.807, 2.05) is 24.3 Å². The van der Waals surface area contributed by atoms with Crippen molar-refractivity contribution in [1.82, 2.24) is 15.5 Å². The first-order chi connectivity index (χ1) is 12.1. The van der Waals surface area contributed by atoms with Gasteiger partial charge in [-0.25, -0.2) is 9.59 Å². The molecule has 2 aliphatic heterocycles. The van der Waals surface area contributed by atoms with Crippen molar-refractivity contribution in [2.24, 2.45) is 0 Å². The summed E-state index contributed by atoms with van der Waals surface area (Å²) in [5.41, 5.74) is 1.95. The number of hydrogen-bond acceptors (Lipinski definition) is 4. The number of likely N-dealkylation sites (tertiary alicyclic amines) is 1. The van der Waals surface area contributed by atoms with E-state index in [1.165, 1.54) is 0 Å². The first kappa shape index (κ1) is 17.9. The van der Waals surface area contributed by atoms with E-state index in [1.54, 1.807) is 6.92 Å². The standard InChI is InChI=1S/C18H22BrN3O3/c1-2-25-17(23)15-14(11-22-8-3-4-9-22)20-18(24)21-16(15)12-6-5-7-13(19)10-12/h5-7,10,16H,2-4,8-9,11H2,1H3,(H2,20,21,24). The molecular formula is C18H22BrN3O3. The summed E-state index contributed by atoms with van der Waals surface area (Å²) in [7, 11) is 0. The van der Waals surface area contributed by atoms with E-state index in [0.29, 0.717) is 24.4 Å². The van der Waals surface area contributed by atoms with Crippen LogP contribution in [0.15, 0.2) is 40.0 Å². The lowest BCUT2D eigenvalue weighted by Crippen LogP contribution is -2.48. The molecule has 0 aliphatic carbocycles. The molecule has 1 saturated heterocycles. The van der Waals surface area contributed by atoms with Gasteiger partial charge in [0.15, 0.2) is 0 Å². The van der Waals surface area contributed by atoms with Crippen LogP contribution in [0.25, 0.3) is 0 Å². The second-order valence-corrected chi connectivity index (χ2v) is 7.10. The molecule has 7 heteroatoms. The van der Waals surface area contributed by atoms with Crippen LogP contribution in [0.1, 0.15) is 31.4 Å². The fourth-order valence-corrected chi connectivity index (χ4v) is 3.71. The Kier molecular flexibility index (Phi) is 5.75. The Bertz CT molecular complexity index is 699. The number of halogens is 1. The van der Waals surface area contributed by atoms with Gasteiger partial charge in [0.05, 0.1) is 18.2 Å². The van der Waals surface area contributed by atoms with Gasteiger partial charge in [-0.1, -0.05) is 28.1 Å². The molecule has 2 heterocycles. The Morgan fingerprint density at radius 2 is 2.12 bits per heavy atom. The molecule has 1 aromatic carbocycles. The highest BCUT2D eigenvalue weighted by molar-refractivity contribution is 9.10. The number of nitrogens with zero attached hydrogens (tertiary/aromatic N) is 1. The molecule has 3 rings (SSSR count). The van der Waals surface area contributed by atoms with E-state index in [-0.39, 0.29) is 6.03 Å². The Hall–Kier alpha value is -1.86. The molecule has 0 aromatic heterocycles. The van der Waals surface area contributed by atoms with E-state index in [0.717, 1.165) is 36.0 Å². The zero-order valence-electron chi connectivity index (χ0n) is 14.2. The lowest BCUT2D eigenvalue weighted by Gasteiger charge is -2.31. The van der Waals surface area contributed by atoms with Crippen molar-refractivity contribution < 1.29 is 14.3 Å². The summed E-state index contributed by atoms with van der Waals surface area (Å²) < 4.78 is 6.17. The van der Waals surface area contributed by atoms with Crippen LogP contribution in [0.5, 0.6) is 0 Å². The monoisotopic (exact) mass is 407 g/mol. The smallest absolute Gasteiger partial charge is 0.338 e. The molecule has 1 unspecified atom stereocenters. The van der Waals surface area contributed by atoms with Gasteiger partial charge in [0.2, 0.25) is 0 Å². The molecule has 1 atom stereocenters. The van der Waals surface area contributed by atoms with Crippen molar-refractivity contribution in [1.29, 1.82) is 0 Å². The Labute approximate surface area is 155 Å². The summed E-state index contributed by atoms with van der Waals surface area (Å²) in [6.45, 7) is 4.57. The minimum atomic E-state index is -0.525. The number of hydrogen-bond donors (Lipinski definition) is 2. The lowest BCUT2D eigenvalue weighted by molar-refractivity contribution is -0.139. The van der Waals surface area contributed by atoms with Gasteiger partial charge in [0, 0.05) is 16.7 Å². The Morgan fingerprint density at radius 3 is 2.80 bits per heavy atom. The van der Waals surface area contributed by atoms with Crippen molar-refractivity contribution in [3.05, 3.63) is 45.6 Å². The first-order valence-corrected chi connectivity index (χ1v) is 9.33. The number of carbonyl (C=O) groups is 2. The molecule has 1 aromatic rings. The molecule has 0 radical (unpaired) electrons. The SMILES string of the molecule is CCOC(=O)C1=C(CN2CCCC2)NC(=O)NC1c1cccc(Br)c1. The predicted molar refractivity (Wildman–Crippen MR) is 97.9 cm³/mol. The van der Waals surface area contributed by atoms with Crippen LogP contribution >= 0.6 is 15.9 Å². The van der Waals surface area contributed by atoms with Gasteiger partial charge in [-0.2, -0.15) is 0 Å². The molecule has 2 aliphatic rings. The summed E-state index contributed by atoms with van der Waals surface area (Å²) in [6.07, 6.45) is 2.28. The van der Waals surface area contributed by atoms with Crippen molar-refractivity contribution >= 4 is 27.9 Å². The maximum Gasteiger partial charge on any atom is 0.338 e. The summed E-state index contributed by atoms with van der Waals surface area (Å²) >= 11 is 3.45. The van der Waals surface area contributed by atoms with Gasteiger partial charge in [0.25, 0.3) is 0 Å². The van der Waals surface area contributed by atoms with Crippen LogP contribution in [0.4, 0.5) is 4.79 Å². The maximum absolute atomic E-state index is 12.7. The highest BCUT2D eigenvalue weighted by Crippen LogP contribution is 2.30. The van der Waals surface area contributed by atoms with Gasteiger partial charge < -0.3 is 15.4 Å². The second-order valence-electron chi connectivity index (χ2n) is 6.18. The van der Waals surface area contributed by atoms with Gasteiger partial charge in [-0.05, 0) is 50.6 Å². The van der Waals surface area contributed by atoms with E-state index >= 15 is 0 Å². The van der Waals surface area contributed by atoms with E-state index < -0.39 is 12.0 Å². The summed E-state index contributed by atoms with van der Waals surface area (Å²) in [5, 5.41) is 5.68. The molecule has 1 fully saturated rings. The maximum atomic E-state index is 12.7. The molecule has 6 nitrogen and oxygen atoms in total. The van der Waals surface area contributed by atoms with Crippen molar-refractivity contribution in [2.45, 2.75) is 25.8 Å². The number of urea groups is 1. The number of benzene rings is 1. The highest BCUT2D eigenvalue weighted by atomic mass is 79.9. The van der Waals surface area contributed by atoms with Crippen LogP contribution in [0.3, 0.4) is 0 Å². The average molecular weight is 408 g/mol. The van der Waals surface area contributed by atoms with Crippen LogP contribution < -0.4 is 10.6 Å². The molecule has 0 saturated carbocycles. The van der Waals surface area contributed by atoms with E-state index in [4.69, 9.17) is 4.74 Å². The molecule has 0 bridgehead atoms. The first-order valence-electron chi connectivity index (χ1n) is 8.54. The largest absolute Gasteiger partial charge is 0.463 e. The van der Waals surface area contributed by atoms with Crippen molar-refractivity contribution in [2.75, 3.05) is 26.2 Å². The third-order valence-corrected chi connectivity index (χ3v) is 4.90. The van der Waals surface area contributed by atoms with Gasteiger partial charge >= 0.3 is 12.0 Å². The third-order valence-electron chi connectivity index (χ3n) is 4.41. The Morgan fingerprint density at radius 1 is 1.36 bits per heavy atom. The number of rotatable bonds is 5. The van der Waals surface area contributed by atoms with Crippen LogP contribution in [-0.4, -0.2) is 43.1 Å². The number of amides is 2. The molecule has 0 spiro atoms. The highest BCUT2D eigenvalue weighted by Gasteiger charge is 2.34. The number of ether oxygens (including phenoxy) is 1. The van der Waals surface area contributed by atoms with E-state index in [2.05, 4.69) is 31.5 Å². The zero-order chi connectivity index (χ0) is 17.8. The Balaban J connectivity index is 2.00. The molecule has 25 heavy (non-hydrogen) atoms. The number of nitrogens with one attached hydrogen (secondary N) is 2. The minimum Gasteiger partial charge on any atom is -0.463 e. The fraction of sp³-hybridized carbons (Fsp3) is 0.444. The van der Waals surface area contributed by atoms with Gasteiger partial charge in [-0.3, -0.25) is 4.90 Å². The van der Waals surface area contributed by atoms with Crippen molar-refractivity contribution in [3.8, 4) is 0 Å². The van der Waals surface area contributed by atoms with Crippen LogP contribution in [-0.2, 0) is 9.53 Å². The normalized spacial score (nSPS) is 21.0. The van der Waals surface area contributed by atoms with Crippen LogP contribution in [0.2, 0.25) is 0 Å². The summed E-state index contributed by atoms with van der Waals surface area (Å²) in [5.74, 6) is -0.394. The third kappa shape index (κ3) is 4.22. The summed E-state index contributed by atoms with van der Waals surface area (Å²) in [4.78, 5) is 27.1. The summed E-state index contributed by atoms with van der Waals surface area (Å²) in [6, 6.07) is 6.77. The zero-order valence-corrected chi connectivity index (χ0v) is 15.8. The minimum absolute atomic E-state index is 0.290. The van der Waals surface area contributed by atoms with Gasteiger partial charge in [0.1, 0.15) is 0 Å². The molecule has 134 valence electrons. The lowest BCUT2D eigenvalue weighted by atomic mass is 9.95. The van der Waals surface area contributed by atoms with Gasteiger partial charge in [-0.15, -0.1) is 0 Å². The molecule has 2 N–H and O–H groups in total. The van der Waals surface area contributed by atoms with E-state index in [9.17, 15) is 9.59 Å². The predicted octanol–water partition coefficient (Wildman–Crippen LogP) is 2.72. The van der Waals surface area contributed by atoms with Crippen molar-refractivity contribution in [3.63, 3.8) is 0 Å². The quantitative estimate of drug-likeness (QED) is 0.736. The second kappa shape index (κ2) is 8.01. The fourth-order valence-electron chi connectivity index (χ4n) is 3.29. The molecular weight excluding hydrogens is 386 g/mol. The average Bonchev–Trinajstić information content (AvgIpc) is 3.07. The number of esters is 1.